The van der Waals surface area contributed by atoms with Crippen molar-refractivity contribution in [1.82, 2.24) is 20.0 Å². The van der Waals surface area contributed by atoms with Crippen LogP contribution >= 0.6 is 0 Å². The number of aromatic nitrogens is 3. The second kappa shape index (κ2) is 10.5. The number of pyridine rings is 2. The average Bonchev–Trinajstić information content (AvgIpc) is 3.38. The third kappa shape index (κ3) is 5.27. The molecular formula is C31H29N5O3. The maximum atomic E-state index is 13.6. The van der Waals surface area contributed by atoms with Gasteiger partial charge in [0.1, 0.15) is 0 Å². The van der Waals surface area contributed by atoms with E-state index in [1.54, 1.807) is 48.5 Å². The second-order valence-electron chi connectivity index (χ2n) is 9.74. The second-order valence-corrected chi connectivity index (χ2v) is 9.74. The van der Waals surface area contributed by atoms with Crippen LogP contribution in [0.4, 0.5) is 5.69 Å². The fraction of sp³-hybridized carbons (Fsp3) is 0.194. The summed E-state index contributed by atoms with van der Waals surface area (Å²) >= 11 is 0. The Hall–Kier alpha value is -4.85. The number of hydrogen-bond acceptors (Lipinski definition) is 6. The normalized spacial score (nSPS) is 11.8. The van der Waals surface area contributed by atoms with Crippen molar-refractivity contribution >= 4 is 28.4 Å². The molecule has 8 heteroatoms. The summed E-state index contributed by atoms with van der Waals surface area (Å²) in [7, 11) is 1.72. The van der Waals surface area contributed by atoms with Crippen molar-refractivity contribution in [3.05, 3.63) is 107 Å². The Morgan fingerprint density at radius 3 is 2.38 bits per heavy atom. The molecule has 5 rings (SSSR count). The average molecular weight is 520 g/mol. The number of fused-ring (bicyclic) bond motifs is 1. The number of carbonyl (C=O) groups excluding carboxylic acids is 2. The van der Waals surface area contributed by atoms with Crippen molar-refractivity contribution in [3.63, 3.8) is 0 Å². The molecule has 196 valence electrons. The first kappa shape index (κ1) is 25.8. The molecule has 5 aromatic rings. The van der Waals surface area contributed by atoms with Gasteiger partial charge in [-0.2, -0.15) is 0 Å². The molecule has 0 aliphatic heterocycles. The molecule has 0 spiro atoms. The number of benzene rings is 2. The molecule has 0 bridgehead atoms. The summed E-state index contributed by atoms with van der Waals surface area (Å²) < 4.78 is 5.32. The number of nitrogens with one attached hydrogen (secondary N) is 1. The van der Waals surface area contributed by atoms with Crippen LogP contribution in [0.15, 0.2) is 77.4 Å². The lowest BCUT2D eigenvalue weighted by Gasteiger charge is -2.23. The van der Waals surface area contributed by atoms with Crippen molar-refractivity contribution in [2.45, 2.75) is 33.7 Å². The molecule has 39 heavy (non-hydrogen) atoms. The zero-order chi connectivity index (χ0) is 27.7. The Balaban J connectivity index is 1.41. The number of carbonyl (C=O) groups is 2. The number of anilines is 1. The molecule has 0 radical (unpaired) electrons. The van der Waals surface area contributed by atoms with Crippen molar-refractivity contribution < 1.29 is 14.1 Å². The highest BCUT2D eigenvalue weighted by molar-refractivity contribution is 6.13. The van der Waals surface area contributed by atoms with Gasteiger partial charge in [0, 0.05) is 35.9 Å². The van der Waals surface area contributed by atoms with Crippen LogP contribution in [0.5, 0.6) is 0 Å². The van der Waals surface area contributed by atoms with E-state index in [-0.39, 0.29) is 17.9 Å². The molecule has 2 amide bonds. The minimum absolute atomic E-state index is 0.166. The third-order valence-electron chi connectivity index (χ3n) is 6.77. The highest BCUT2D eigenvalue weighted by Gasteiger charge is 2.22. The van der Waals surface area contributed by atoms with Crippen LogP contribution in [0.25, 0.3) is 22.3 Å². The Morgan fingerprint density at radius 2 is 1.72 bits per heavy atom. The van der Waals surface area contributed by atoms with Crippen LogP contribution in [0.2, 0.25) is 0 Å². The van der Waals surface area contributed by atoms with Crippen molar-refractivity contribution in [2.24, 2.45) is 0 Å². The number of amides is 2. The number of nitrogens with zero attached hydrogens (tertiary/aromatic N) is 4. The van der Waals surface area contributed by atoms with E-state index in [0.717, 1.165) is 27.7 Å². The molecule has 8 nitrogen and oxygen atoms in total. The predicted molar refractivity (Wildman–Crippen MR) is 151 cm³/mol. The Bertz CT molecular complexity index is 1680. The van der Waals surface area contributed by atoms with E-state index in [4.69, 9.17) is 9.51 Å². The lowest BCUT2D eigenvalue weighted by molar-refractivity contribution is 0.0720. The van der Waals surface area contributed by atoms with Gasteiger partial charge in [-0.15, -0.1) is 0 Å². The minimum atomic E-state index is -0.279. The van der Waals surface area contributed by atoms with Gasteiger partial charge in [-0.25, -0.2) is 4.98 Å². The molecule has 1 atom stereocenters. The van der Waals surface area contributed by atoms with Gasteiger partial charge in [0.2, 0.25) is 0 Å². The molecule has 0 aliphatic carbocycles. The van der Waals surface area contributed by atoms with Crippen LogP contribution in [0.3, 0.4) is 0 Å². The highest BCUT2D eigenvalue weighted by atomic mass is 16.5. The third-order valence-corrected chi connectivity index (χ3v) is 6.77. The fourth-order valence-corrected chi connectivity index (χ4v) is 4.56. The summed E-state index contributed by atoms with van der Waals surface area (Å²) in [6.07, 6.45) is 1.70. The van der Waals surface area contributed by atoms with E-state index in [0.29, 0.717) is 34.0 Å². The topological polar surface area (TPSA) is 101 Å². The zero-order valence-electron chi connectivity index (χ0n) is 22.5. The van der Waals surface area contributed by atoms with Gasteiger partial charge in [0.15, 0.2) is 5.76 Å². The number of aryl methyl sites for hydroxylation is 3. The minimum Gasteiger partial charge on any atom is -0.359 e. The van der Waals surface area contributed by atoms with Gasteiger partial charge in [-0.05, 0) is 81.8 Å². The molecule has 1 unspecified atom stereocenters. The molecule has 0 saturated heterocycles. The van der Waals surface area contributed by atoms with E-state index in [9.17, 15) is 9.59 Å². The van der Waals surface area contributed by atoms with Crippen molar-refractivity contribution in [2.75, 3.05) is 12.4 Å². The van der Waals surface area contributed by atoms with Crippen LogP contribution in [-0.2, 0) is 0 Å². The fourth-order valence-electron chi connectivity index (χ4n) is 4.56. The zero-order valence-corrected chi connectivity index (χ0v) is 22.5. The van der Waals surface area contributed by atoms with Gasteiger partial charge in [-0.3, -0.25) is 14.6 Å². The smallest absolute Gasteiger partial charge is 0.256 e. The standard InChI is InChI=1S/C31H29N5O3/c1-18-14-19(2)29-24(15-18)25(17-27(34-29)26-8-6-7-13-32-26)30(37)33-23-11-9-22(10-12-23)31(38)36(5)21(4)28-16-20(3)35-39-28/h6-17,21H,1-5H3,(H,33,37). The molecular weight excluding hydrogens is 490 g/mol. The van der Waals surface area contributed by atoms with E-state index < -0.39 is 0 Å². The van der Waals surface area contributed by atoms with E-state index in [1.807, 2.05) is 58.0 Å². The van der Waals surface area contributed by atoms with Crippen molar-refractivity contribution in [3.8, 4) is 11.4 Å². The van der Waals surface area contributed by atoms with Crippen LogP contribution in [0.1, 0.15) is 56.3 Å². The molecule has 3 heterocycles. The van der Waals surface area contributed by atoms with Crippen LogP contribution in [0, 0.1) is 20.8 Å². The summed E-state index contributed by atoms with van der Waals surface area (Å²) in [4.78, 5) is 37.5. The SMILES string of the molecule is Cc1cc(C)c2nc(-c3ccccn3)cc(C(=O)Nc3ccc(C(=O)N(C)C(C)c4cc(C)no4)cc3)c2c1. The first-order chi connectivity index (χ1) is 18.7. The number of rotatable bonds is 6. The lowest BCUT2D eigenvalue weighted by Crippen LogP contribution is -2.29. The first-order valence-electron chi connectivity index (χ1n) is 12.7. The summed E-state index contributed by atoms with van der Waals surface area (Å²) in [5.41, 5.74) is 6.44. The summed E-state index contributed by atoms with van der Waals surface area (Å²) in [5.74, 6) is 0.183. The molecule has 0 aliphatic rings. The van der Waals surface area contributed by atoms with Gasteiger partial charge in [0.25, 0.3) is 11.8 Å². The van der Waals surface area contributed by atoms with Crippen LogP contribution in [-0.4, -0.2) is 38.9 Å². The first-order valence-corrected chi connectivity index (χ1v) is 12.7. The monoisotopic (exact) mass is 519 g/mol. The maximum Gasteiger partial charge on any atom is 0.256 e. The largest absolute Gasteiger partial charge is 0.359 e. The van der Waals surface area contributed by atoms with E-state index in [2.05, 4.69) is 21.5 Å². The summed E-state index contributed by atoms with van der Waals surface area (Å²) in [5, 5.41) is 7.66. The molecule has 3 aromatic heterocycles. The van der Waals surface area contributed by atoms with Crippen LogP contribution < -0.4 is 5.32 Å². The van der Waals surface area contributed by atoms with Crippen molar-refractivity contribution in [1.29, 1.82) is 0 Å². The lowest BCUT2D eigenvalue weighted by atomic mass is 10.00. The Kier molecular flexibility index (Phi) is 6.94. The molecule has 0 saturated carbocycles. The Morgan fingerprint density at radius 1 is 0.949 bits per heavy atom. The molecule has 0 fully saturated rings. The predicted octanol–water partition coefficient (Wildman–Crippen LogP) is 6.30. The highest BCUT2D eigenvalue weighted by Crippen LogP contribution is 2.28. The maximum absolute atomic E-state index is 13.6. The van der Waals surface area contributed by atoms with E-state index in [1.165, 1.54) is 0 Å². The molecule has 2 aromatic carbocycles. The summed E-state index contributed by atoms with van der Waals surface area (Å²) in [6, 6.07) is 19.8. The number of hydrogen-bond donors (Lipinski definition) is 1. The van der Waals surface area contributed by atoms with Gasteiger partial charge in [0.05, 0.1) is 34.2 Å². The Labute approximate surface area is 226 Å². The van der Waals surface area contributed by atoms with Gasteiger partial charge < -0.3 is 14.7 Å². The van der Waals surface area contributed by atoms with Gasteiger partial charge in [-0.1, -0.05) is 22.9 Å². The summed E-state index contributed by atoms with van der Waals surface area (Å²) in [6.45, 7) is 7.71. The van der Waals surface area contributed by atoms with Gasteiger partial charge >= 0.3 is 0 Å². The van der Waals surface area contributed by atoms with E-state index >= 15 is 0 Å². The molecule has 1 N–H and O–H groups in total. The quantitative estimate of drug-likeness (QED) is 0.283.